The van der Waals surface area contributed by atoms with E-state index >= 15 is 0 Å². The van der Waals surface area contributed by atoms with Crippen LogP contribution >= 0.6 is 0 Å². The predicted octanol–water partition coefficient (Wildman–Crippen LogP) is 3.78. The Balaban J connectivity index is 1.52. The van der Waals surface area contributed by atoms with Crippen LogP contribution in [0.3, 0.4) is 0 Å². The number of nitrogens with one attached hydrogen (secondary N) is 2. The van der Waals surface area contributed by atoms with Crippen LogP contribution in [0.15, 0.2) is 18.2 Å². The first-order chi connectivity index (χ1) is 12.7. The molecule has 0 saturated heterocycles. The molecular weight excluding hydrogens is 360 g/mol. The van der Waals surface area contributed by atoms with Gasteiger partial charge in [0.05, 0.1) is 4.75 Å². The Hall–Kier alpha value is -1.40. The van der Waals surface area contributed by atoms with Crippen LogP contribution in [0.4, 0.5) is 5.69 Å². The lowest BCUT2D eigenvalue weighted by atomic mass is 9.86. The van der Waals surface area contributed by atoms with E-state index in [1.807, 2.05) is 13.0 Å². The zero-order valence-electron chi connectivity index (χ0n) is 16.7. The third kappa shape index (κ3) is 4.54. The molecule has 1 aromatic carbocycles. The molecule has 2 aliphatic rings. The molecule has 1 aromatic rings. The first-order valence-corrected chi connectivity index (χ1v) is 11.6. The summed E-state index contributed by atoms with van der Waals surface area (Å²) in [5, 5.41) is 3.06. The minimum absolute atomic E-state index is 0.0433. The molecule has 0 aromatic heterocycles. The van der Waals surface area contributed by atoms with E-state index in [9.17, 15) is 13.2 Å². The van der Waals surface area contributed by atoms with Crippen LogP contribution < -0.4 is 10.0 Å². The molecule has 0 unspecified atom stereocenters. The first-order valence-electron chi connectivity index (χ1n) is 10.2. The minimum atomic E-state index is -3.35. The smallest absolute Gasteiger partial charge is 0.227 e. The molecule has 1 saturated carbocycles. The number of amides is 1. The molecule has 150 valence electrons. The van der Waals surface area contributed by atoms with Crippen molar-refractivity contribution < 1.29 is 13.2 Å². The first kappa shape index (κ1) is 20.3. The lowest BCUT2D eigenvalue weighted by Crippen LogP contribution is -2.47. The van der Waals surface area contributed by atoms with Crippen molar-refractivity contribution in [2.45, 2.75) is 82.9 Å². The summed E-state index contributed by atoms with van der Waals surface area (Å²) < 4.78 is 27.1. The Morgan fingerprint density at radius 1 is 1.11 bits per heavy atom. The Labute approximate surface area is 163 Å². The highest BCUT2D eigenvalue weighted by molar-refractivity contribution is 7.90. The van der Waals surface area contributed by atoms with Crippen LogP contribution in [0.1, 0.15) is 70.4 Å². The van der Waals surface area contributed by atoms with Gasteiger partial charge in [0, 0.05) is 17.6 Å². The number of hydrogen-bond acceptors (Lipinski definition) is 3. The molecule has 0 bridgehead atoms. The molecule has 0 radical (unpaired) electrons. The fraction of sp³-hybridized carbons (Fsp3) is 0.667. The molecule has 3 rings (SSSR count). The minimum Gasteiger partial charge on any atom is -0.326 e. The van der Waals surface area contributed by atoms with Gasteiger partial charge in [0.2, 0.25) is 15.9 Å². The highest BCUT2D eigenvalue weighted by Crippen LogP contribution is 2.29. The third-order valence-electron chi connectivity index (χ3n) is 6.36. The van der Waals surface area contributed by atoms with Crippen LogP contribution in [-0.4, -0.2) is 25.1 Å². The molecule has 1 fully saturated rings. The van der Waals surface area contributed by atoms with Gasteiger partial charge in [-0.15, -0.1) is 0 Å². The van der Waals surface area contributed by atoms with Gasteiger partial charge in [0.15, 0.2) is 0 Å². The third-order valence-corrected chi connectivity index (χ3v) is 8.75. The maximum absolute atomic E-state index is 12.6. The number of anilines is 1. The number of hydrogen-bond donors (Lipinski definition) is 2. The normalized spacial score (nSPS) is 23.1. The average Bonchev–Trinajstić information content (AvgIpc) is 3.09. The second-order valence-corrected chi connectivity index (χ2v) is 11.0. The van der Waals surface area contributed by atoms with E-state index in [4.69, 9.17) is 0 Å². The fourth-order valence-electron chi connectivity index (χ4n) is 3.94. The number of sulfonamides is 1. The fourth-order valence-corrected chi connectivity index (χ4v) is 5.31. The molecule has 27 heavy (non-hydrogen) atoms. The average molecular weight is 393 g/mol. The molecule has 2 aliphatic carbocycles. The molecule has 6 heteroatoms. The molecular formula is C21H32N2O3S. The van der Waals surface area contributed by atoms with Gasteiger partial charge >= 0.3 is 0 Å². The van der Waals surface area contributed by atoms with E-state index in [0.717, 1.165) is 31.4 Å². The van der Waals surface area contributed by atoms with Gasteiger partial charge < -0.3 is 5.32 Å². The van der Waals surface area contributed by atoms with Crippen molar-refractivity contribution in [1.82, 2.24) is 4.72 Å². The Kier molecular flexibility index (Phi) is 5.96. The monoisotopic (exact) mass is 392 g/mol. The van der Waals surface area contributed by atoms with Gasteiger partial charge in [-0.05, 0) is 88.5 Å². The van der Waals surface area contributed by atoms with Crippen molar-refractivity contribution in [2.75, 3.05) is 5.32 Å². The largest absolute Gasteiger partial charge is 0.326 e. The summed E-state index contributed by atoms with van der Waals surface area (Å²) in [7, 11) is -3.35. The van der Waals surface area contributed by atoms with E-state index in [-0.39, 0.29) is 17.9 Å². The quantitative estimate of drug-likeness (QED) is 0.773. The van der Waals surface area contributed by atoms with Crippen LogP contribution in [0.5, 0.6) is 0 Å². The maximum atomic E-state index is 12.6. The molecule has 0 atom stereocenters. The van der Waals surface area contributed by atoms with Crippen molar-refractivity contribution in [1.29, 1.82) is 0 Å². The van der Waals surface area contributed by atoms with Crippen molar-refractivity contribution >= 4 is 21.6 Å². The number of benzene rings is 1. The predicted molar refractivity (Wildman–Crippen MR) is 109 cm³/mol. The van der Waals surface area contributed by atoms with Gasteiger partial charge in [-0.1, -0.05) is 13.0 Å². The number of carbonyl (C=O) groups is 1. The summed E-state index contributed by atoms with van der Waals surface area (Å²) in [6.45, 7) is 5.40. The van der Waals surface area contributed by atoms with Crippen LogP contribution in [0, 0.1) is 5.92 Å². The summed E-state index contributed by atoms with van der Waals surface area (Å²) in [5.41, 5.74) is 3.63. The van der Waals surface area contributed by atoms with E-state index < -0.39 is 14.8 Å². The van der Waals surface area contributed by atoms with E-state index in [0.29, 0.717) is 19.3 Å². The summed E-state index contributed by atoms with van der Waals surface area (Å²) in [6, 6.07) is 6.16. The molecule has 0 aliphatic heterocycles. The van der Waals surface area contributed by atoms with Crippen LogP contribution in [-0.2, 0) is 27.7 Å². The van der Waals surface area contributed by atoms with Gasteiger partial charge in [-0.2, -0.15) is 0 Å². The van der Waals surface area contributed by atoms with Gasteiger partial charge in [0.25, 0.3) is 0 Å². The molecule has 0 spiro atoms. The number of carbonyl (C=O) groups excluding carboxylic acids is 1. The van der Waals surface area contributed by atoms with Crippen molar-refractivity contribution in [3.05, 3.63) is 29.3 Å². The van der Waals surface area contributed by atoms with Crippen LogP contribution in [0.2, 0.25) is 0 Å². The maximum Gasteiger partial charge on any atom is 0.227 e. The highest BCUT2D eigenvalue weighted by Gasteiger charge is 2.36. The summed E-state index contributed by atoms with van der Waals surface area (Å²) >= 11 is 0. The van der Waals surface area contributed by atoms with Crippen LogP contribution in [0.25, 0.3) is 0 Å². The highest BCUT2D eigenvalue weighted by atomic mass is 32.2. The molecule has 0 heterocycles. The summed E-state index contributed by atoms with van der Waals surface area (Å²) in [4.78, 5) is 12.6. The van der Waals surface area contributed by atoms with Gasteiger partial charge in [0.1, 0.15) is 0 Å². The zero-order valence-corrected chi connectivity index (χ0v) is 17.5. The molecule has 5 nitrogen and oxygen atoms in total. The Bertz CT molecular complexity index is 794. The van der Waals surface area contributed by atoms with E-state index in [1.54, 1.807) is 13.8 Å². The molecule has 1 amide bonds. The standard InChI is InChI=1S/C21H32N2O3S/c1-4-21(2,3)27(25,26)23-18-11-9-16(10-12-18)20(24)22-19-13-8-15-6-5-7-17(15)14-19/h8,13-14,16,18,23H,4-7,9-12H2,1-3H3,(H,22,24). The van der Waals surface area contributed by atoms with Gasteiger partial charge in [-0.25, -0.2) is 13.1 Å². The lowest BCUT2D eigenvalue weighted by Gasteiger charge is -2.31. The molecule has 2 N–H and O–H groups in total. The SMILES string of the molecule is CCC(C)(C)S(=O)(=O)NC1CCC(C(=O)Nc2ccc3c(c2)CCC3)CC1. The summed E-state index contributed by atoms with van der Waals surface area (Å²) in [6.07, 6.45) is 6.86. The lowest BCUT2D eigenvalue weighted by molar-refractivity contribution is -0.120. The number of aryl methyl sites for hydroxylation is 2. The van der Waals surface area contributed by atoms with Crippen molar-refractivity contribution in [3.8, 4) is 0 Å². The number of fused-ring (bicyclic) bond motifs is 1. The second-order valence-electron chi connectivity index (χ2n) is 8.61. The number of rotatable bonds is 6. The second kappa shape index (κ2) is 7.92. The zero-order chi connectivity index (χ0) is 19.7. The van der Waals surface area contributed by atoms with Crippen molar-refractivity contribution in [2.24, 2.45) is 5.92 Å². The van der Waals surface area contributed by atoms with E-state index in [2.05, 4.69) is 22.2 Å². The Morgan fingerprint density at radius 3 is 2.44 bits per heavy atom. The van der Waals surface area contributed by atoms with Gasteiger partial charge in [-0.3, -0.25) is 4.79 Å². The Morgan fingerprint density at radius 2 is 1.78 bits per heavy atom. The van der Waals surface area contributed by atoms with E-state index in [1.165, 1.54) is 17.5 Å². The topological polar surface area (TPSA) is 75.3 Å². The van der Waals surface area contributed by atoms with Crippen molar-refractivity contribution in [3.63, 3.8) is 0 Å². The summed E-state index contributed by atoms with van der Waals surface area (Å²) in [5.74, 6) is 0.0151.